The normalized spacial score (nSPS) is 13.4. The van der Waals surface area contributed by atoms with Crippen molar-refractivity contribution in [3.8, 4) is 11.5 Å². The molecule has 0 fully saturated rings. The van der Waals surface area contributed by atoms with Crippen LogP contribution in [0, 0.1) is 0 Å². The molecule has 0 radical (unpaired) electrons. The van der Waals surface area contributed by atoms with Gasteiger partial charge in [-0.25, -0.2) is 0 Å². The van der Waals surface area contributed by atoms with E-state index in [1.54, 1.807) is 0 Å². The number of ether oxygens (including phenoxy) is 2. The van der Waals surface area contributed by atoms with Gasteiger partial charge in [-0.3, -0.25) is 4.79 Å². The maximum absolute atomic E-state index is 11.2. The Labute approximate surface area is 107 Å². The third-order valence-electron chi connectivity index (χ3n) is 2.78. The number of nitrogens with one attached hydrogen (secondary N) is 1. The highest BCUT2D eigenvalue weighted by molar-refractivity contribution is 5.90. The topological polar surface area (TPSA) is 47.6 Å². The fraction of sp³-hybridized carbons (Fsp3) is 0.500. The molecule has 0 atom stereocenters. The zero-order valence-electron chi connectivity index (χ0n) is 10.9. The van der Waals surface area contributed by atoms with Gasteiger partial charge in [0, 0.05) is 13.0 Å². The summed E-state index contributed by atoms with van der Waals surface area (Å²) in [5.41, 5.74) is 1.85. The van der Waals surface area contributed by atoms with Crippen LogP contribution in [-0.2, 0) is 11.2 Å². The third kappa shape index (κ3) is 2.94. The van der Waals surface area contributed by atoms with Gasteiger partial charge in [-0.2, -0.15) is 0 Å². The Morgan fingerprint density at radius 3 is 3.06 bits per heavy atom. The molecule has 1 aromatic carbocycles. The van der Waals surface area contributed by atoms with E-state index < -0.39 is 0 Å². The highest BCUT2D eigenvalue weighted by Crippen LogP contribution is 2.35. The summed E-state index contributed by atoms with van der Waals surface area (Å²) in [6, 6.07) is 3.84. The minimum absolute atomic E-state index is 0.105. The first-order chi connectivity index (χ1) is 8.70. The van der Waals surface area contributed by atoms with Crippen LogP contribution in [0.4, 0.5) is 5.69 Å². The number of rotatable bonds is 4. The Morgan fingerprint density at radius 1 is 1.50 bits per heavy atom. The van der Waals surface area contributed by atoms with Gasteiger partial charge in [-0.05, 0) is 30.9 Å². The van der Waals surface area contributed by atoms with Crippen molar-refractivity contribution in [3.05, 3.63) is 17.7 Å². The Bertz CT molecular complexity index is 443. The second kappa shape index (κ2) is 5.76. The van der Waals surface area contributed by atoms with E-state index in [1.807, 2.05) is 12.1 Å². The monoisotopic (exact) mass is 249 g/mol. The molecule has 0 aliphatic carbocycles. The molecule has 1 amide bonds. The van der Waals surface area contributed by atoms with E-state index in [0.29, 0.717) is 12.3 Å². The van der Waals surface area contributed by atoms with Gasteiger partial charge < -0.3 is 14.8 Å². The quantitative estimate of drug-likeness (QED) is 0.892. The Balaban J connectivity index is 2.30. The van der Waals surface area contributed by atoms with Crippen LogP contribution in [0.2, 0.25) is 0 Å². The van der Waals surface area contributed by atoms with E-state index in [4.69, 9.17) is 9.47 Å². The molecule has 0 saturated carbocycles. The zero-order chi connectivity index (χ0) is 13.0. The van der Waals surface area contributed by atoms with Gasteiger partial charge in [-0.1, -0.05) is 6.92 Å². The Hall–Kier alpha value is -1.71. The number of carbonyl (C=O) groups is 1. The van der Waals surface area contributed by atoms with Crippen molar-refractivity contribution in [2.24, 2.45) is 0 Å². The molecule has 1 N–H and O–H groups in total. The molecule has 2 rings (SSSR count). The van der Waals surface area contributed by atoms with E-state index >= 15 is 0 Å². The van der Waals surface area contributed by atoms with Crippen molar-refractivity contribution in [2.45, 2.75) is 33.1 Å². The largest absolute Gasteiger partial charge is 0.493 e. The summed E-state index contributed by atoms with van der Waals surface area (Å²) in [6.45, 7) is 4.93. The second-order valence-corrected chi connectivity index (χ2v) is 4.44. The molecule has 0 aromatic heterocycles. The van der Waals surface area contributed by atoms with E-state index in [1.165, 1.54) is 6.92 Å². The summed E-state index contributed by atoms with van der Waals surface area (Å²) in [6.07, 6.45) is 2.96. The van der Waals surface area contributed by atoms with Gasteiger partial charge in [-0.15, -0.1) is 0 Å². The number of hydrogen-bond donors (Lipinski definition) is 1. The number of aryl methyl sites for hydroxylation is 1. The lowest BCUT2D eigenvalue weighted by Gasteiger charge is -2.20. The molecule has 1 aliphatic heterocycles. The zero-order valence-corrected chi connectivity index (χ0v) is 10.9. The van der Waals surface area contributed by atoms with Crippen molar-refractivity contribution < 1.29 is 14.3 Å². The van der Waals surface area contributed by atoms with Gasteiger partial charge in [0.05, 0.1) is 18.9 Å². The maximum atomic E-state index is 11.2. The smallest absolute Gasteiger partial charge is 0.221 e. The highest BCUT2D eigenvalue weighted by Gasteiger charge is 2.16. The minimum Gasteiger partial charge on any atom is -0.493 e. The predicted molar refractivity (Wildman–Crippen MR) is 70.3 cm³/mol. The molecule has 4 heteroatoms. The number of fused-ring (bicyclic) bond motifs is 1. The van der Waals surface area contributed by atoms with E-state index in [9.17, 15) is 4.79 Å². The standard InChI is InChI=1S/C14H19NO3/c1-3-6-17-14-8-11-5-4-7-18-13(11)9-12(14)15-10(2)16/h8-9H,3-7H2,1-2H3,(H,15,16). The first-order valence-electron chi connectivity index (χ1n) is 6.41. The third-order valence-corrected chi connectivity index (χ3v) is 2.78. The molecule has 1 heterocycles. The van der Waals surface area contributed by atoms with Crippen LogP contribution in [0.15, 0.2) is 12.1 Å². The average molecular weight is 249 g/mol. The average Bonchev–Trinajstić information content (AvgIpc) is 2.35. The molecule has 0 spiro atoms. The van der Waals surface area contributed by atoms with Crippen LogP contribution in [0.5, 0.6) is 11.5 Å². The molecule has 0 unspecified atom stereocenters. The van der Waals surface area contributed by atoms with Gasteiger partial charge in [0.15, 0.2) is 0 Å². The van der Waals surface area contributed by atoms with Crippen molar-refractivity contribution >= 4 is 11.6 Å². The minimum atomic E-state index is -0.105. The van der Waals surface area contributed by atoms with E-state index in [0.717, 1.165) is 42.9 Å². The first-order valence-corrected chi connectivity index (χ1v) is 6.41. The molecule has 1 aliphatic rings. The Morgan fingerprint density at radius 2 is 2.33 bits per heavy atom. The molecule has 98 valence electrons. The van der Waals surface area contributed by atoms with Crippen molar-refractivity contribution in [3.63, 3.8) is 0 Å². The van der Waals surface area contributed by atoms with Gasteiger partial charge in [0.2, 0.25) is 5.91 Å². The summed E-state index contributed by atoms with van der Waals surface area (Å²) in [5, 5.41) is 2.79. The summed E-state index contributed by atoms with van der Waals surface area (Å²) >= 11 is 0. The van der Waals surface area contributed by atoms with Gasteiger partial charge >= 0.3 is 0 Å². The Kier molecular flexibility index (Phi) is 4.07. The van der Waals surface area contributed by atoms with Crippen molar-refractivity contribution in [1.29, 1.82) is 0 Å². The molecular formula is C14H19NO3. The lowest BCUT2D eigenvalue weighted by Crippen LogP contribution is -2.12. The fourth-order valence-corrected chi connectivity index (χ4v) is 2.00. The summed E-state index contributed by atoms with van der Waals surface area (Å²) in [5.74, 6) is 1.48. The van der Waals surface area contributed by atoms with Gasteiger partial charge in [0.25, 0.3) is 0 Å². The summed E-state index contributed by atoms with van der Waals surface area (Å²) < 4.78 is 11.3. The predicted octanol–water partition coefficient (Wildman–Crippen LogP) is 2.76. The molecule has 18 heavy (non-hydrogen) atoms. The van der Waals surface area contributed by atoms with Crippen LogP contribution in [0.3, 0.4) is 0 Å². The van der Waals surface area contributed by atoms with Crippen LogP contribution < -0.4 is 14.8 Å². The SMILES string of the molecule is CCCOc1cc2c(cc1NC(C)=O)OCCC2. The first kappa shape index (κ1) is 12.7. The molecule has 1 aromatic rings. The van der Waals surface area contributed by atoms with Crippen LogP contribution >= 0.6 is 0 Å². The second-order valence-electron chi connectivity index (χ2n) is 4.44. The highest BCUT2D eigenvalue weighted by atomic mass is 16.5. The van der Waals surface area contributed by atoms with Crippen molar-refractivity contribution in [1.82, 2.24) is 0 Å². The van der Waals surface area contributed by atoms with Crippen LogP contribution in [-0.4, -0.2) is 19.1 Å². The molecule has 0 bridgehead atoms. The number of carbonyl (C=O) groups excluding carboxylic acids is 1. The summed E-state index contributed by atoms with van der Waals surface area (Å²) in [4.78, 5) is 11.2. The summed E-state index contributed by atoms with van der Waals surface area (Å²) in [7, 11) is 0. The number of hydrogen-bond acceptors (Lipinski definition) is 3. The fourth-order valence-electron chi connectivity index (χ4n) is 2.00. The van der Waals surface area contributed by atoms with Crippen LogP contribution in [0.25, 0.3) is 0 Å². The van der Waals surface area contributed by atoms with E-state index in [-0.39, 0.29) is 5.91 Å². The lowest BCUT2D eigenvalue weighted by molar-refractivity contribution is -0.114. The number of anilines is 1. The molecular weight excluding hydrogens is 230 g/mol. The molecule has 0 saturated heterocycles. The number of amides is 1. The lowest BCUT2D eigenvalue weighted by atomic mass is 10.1. The van der Waals surface area contributed by atoms with Crippen molar-refractivity contribution in [2.75, 3.05) is 18.5 Å². The number of benzene rings is 1. The molecule has 4 nitrogen and oxygen atoms in total. The van der Waals surface area contributed by atoms with Crippen LogP contribution in [0.1, 0.15) is 32.3 Å². The maximum Gasteiger partial charge on any atom is 0.221 e. The van der Waals surface area contributed by atoms with Gasteiger partial charge in [0.1, 0.15) is 11.5 Å². The van der Waals surface area contributed by atoms with E-state index in [2.05, 4.69) is 12.2 Å².